The molecule has 0 radical (unpaired) electrons. The van der Waals surface area contributed by atoms with E-state index in [-0.39, 0.29) is 23.6 Å². The van der Waals surface area contributed by atoms with Crippen LogP contribution in [0.1, 0.15) is 60.0 Å². The SMILES string of the molecule is O=C(NC1CCCCC1)[C@@H](c1ccco1)N(CCc1ccccc1)C(=O)c1csnn1. The second kappa shape index (κ2) is 10.3. The maximum Gasteiger partial charge on any atom is 0.276 e. The molecule has 162 valence electrons. The molecule has 3 aromatic rings. The van der Waals surface area contributed by atoms with Crippen LogP contribution in [0.3, 0.4) is 0 Å². The van der Waals surface area contributed by atoms with E-state index in [0.29, 0.717) is 18.7 Å². The van der Waals surface area contributed by atoms with Gasteiger partial charge in [0.15, 0.2) is 11.7 Å². The van der Waals surface area contributed by atoms with E-state index in [1.165, 1.54) is 12.7 Å². The van der Waals surface area contributed by atoms with Crippen molar-refractivity contribution in [2.75, 3.05) is 6.54 Å². The number of carbonyl (C=O) groups excluding carboxylic acids is 2. The summed E-state index contributed by atoms with van der Waals surface area (Å²) in [6.07, 6.45) is 7.48. The van der Waals surface area contributed by atoms with Gasteiger partial charge in [-0.3, -0.25) is 9.59 Å². The third-order valence-electron chi connectivity index (χ3n) is 5.65. The lowest BCUT2D eigenvalue weighted by Gasteiger charge is -2.31. The Morgan fingerprint density at radius 1 is 1.13 bits per heavy atom. The van der Waals surface area contributed by atoms with Crippen LogP contribution in [-0.2, 0) is 11.2 Å². The first kappa shape index (κ1) is 21.2. The first-order valence-electron chi connectivity index (χ1n) is 10.7. The van der Waals surface area contributed by atoms with E-state index in [1.54, 1.807) is 22.4 Å². The fourth-order valence-electron chi connectivity index (χ4n) is 4.05. The number of hydrogen-bond acceptors (Lipinski definition) is 6. The fourth-order valence-corrected chi connectivity index (χ4v) is 4.48. The zero-order valence-electron chi connectivity index (χ0n) is 17.3. The second-order valence-corrected chi connectivity index (χ2v) is 8.40. The van der Waals surface area contributed by atoms with Crippen molar-refractivity contribution in [3.05, 3.63) is 71.1 Å². The lowest BCUT2D eigenvalue weighted by atomic mass is 9.95. The van der Waals surface area contributed by atoms with Crippen LogP contribution in [0.2, 0.25) is 0 Å². The molecule has 0 saturated heterocycles. The molecule has 0 bridgehead atoms. The average Bonchev–Trinajstić information content (AvgIpc) is 3.52. The monoisotopic (exact) mass is 438 g/mol. The molecule has 1 aliphatic rings. The number of carbonyl (C=O) groups is 2. The van der Waals surface area contributed by atoms with E-state index in [1.807, 2.05) is 30.3 Å². The van der Waals surface area contributed by atoms with Crippen molar-refractivity contribution in [2.45, 2.75) is 50.6 Å². The van der Waals surface area contributed by atoms with Crippen LogP contribution < -0.4 is 5.32 Å². The van der Waals surface area contributed by atoms with Gasteiger partial charge in [-0.15, -0.1) is 5.10 Å². The van der Waals surface area contributed by atoms with Crippen LogP contribution in [0, 0.1) is 0 Å². The normalized spacial score (nSPS) is 15.4. The summed E-state index contributed by atoms with van der Waals surface area (Å²) in [6, 6.07) is 12.6. The van der Waals surface area contributed by atoms with Crippen molar-refractivity contribution < 1.29 is 14.0 Å². The van der Waals surface area contributed by atoms with Crippen LogP contribution in [0.15, 0.2) is 58.5 Å². The summed E-state index contributed by atoms with van der Waals surface area (Å²) in [5.41, 5.74) is 1.32. The molecular weight excluding hydrogens is 412 g/mol. The second-order valence-electron chi connectivity index (χ2n) is 7.79. The van der Waals surface area contributed by atoms with E-state index in [9.17, 15) is 9.59 Å². The summed E-state index contributed by atoms with van der Waals surface area (Å²) in [4.78, 5) is 28.4. The number of amides is 2. The zero-order valence-corrected chi connectivity index (χ0v) is 18.1. The van der Waals surface area contributed by atoms with E-state index >= 15 is 0 Å². The molecule has 7 nitrogen and oxygen atoms in total. The maximum atomic E-state index is 13.4. The van der Waals surface area contributed by atoms with Gasteiger partial charge in [0.25, 0.3) is 11.8 Å². The minimum absolute atomic E-state index is 0.130. The van der Waals surface area contributed by atoms with Crippen molar-refractivity contribution in [1.29, 1.82) is 0 Å². The Hall–Kier alpha value is -3.00. The van der Waals surface area contributed by atoms with Crippen molar-refractivity contribution in [3.8, 4) is 0 Å². The standard InChI is InChI=1S/C23H26N4O3S/c28-22(24-18-10-5-2-6-11-18)21(20-12-7-15-30-20)27(23(29)19-16-31-26-25-19)14-13-17-8-3-1-4-9-17/h1,3-4,7-9,12,15-16,18,21H,2,5-6,10-11,13-14H2,(H,24,28)/t21-/m1/s1. The number of furan rings is 1. The summed E-state index contributed by atoms with van der Waals surface area (Å²) in [7, 11) is 0. The van der Waals surface area contributed by atoms with Crippen LogP contribution in [-0.4, -0.2) is 38.9 Å². The Morgan fingerprint density at radius 2 is 1.94 bits per heavy atom. The number of rotatable bonds is 8. The number of nitrogens with one attached hydrogen (secondary N) is 1. The summed E-state index contributed by atoms with van der Waals surface area (Å²) in [5, 5.41) is 8.71. The van der Waals surface area contributed by atoms with Gasteiger partial charge in [0.05, 0.1) is 6.26 Å². The highest BCUT2D eigenvalue weighted by Crippen LogP contribution is 2.26. The Labute approximate surface area is 185 Å². The van der Waals surface area contributed by atoms with Gasteiger partial charge < -0.3 is 14.6 Å². The van der Waals surface area contributed by atoms with Gasteiger partial charge in [0.1, 0.15) is 5.76 Å². The quantitative estimate of drug-likeness (QED) is 0.574. The highest BCUT2D eigenvalue weighted by atomic mass is 32.1. The smallest absolute Gasteiger partial charge is 0.276 e. The molecular formula is C23H26N4O3S. The van der Waals surface area contributed by atoms with Crippen molar-refractivity contribution >= 4 is 23.3 Å². The maximum absolute atomic E-state index is 13.4. The van der Waals surface area contributed by atoms with Crippen LogP contribution >= 0.6 is 11.5 Å². The molecule has 1 fully saturated rings. The molecule has 1 aromatic carbocycles. The number of benzene rings is 1. The van der Waals surface area contributed by atoms with Crippen LogP contribution in [0.25, 0.3) is 0 Å². The Bertz CT molecular complexity index is 954. The molecule has 1 saturated carbocycles. The van der Waals surface area contributed by atoms with Gasteiger partial charge in [-0.1, -0.05) is 54.1 Å². The number of hydrogen-bond donors (Lipinski definition) is 1. The lowest BCUT2D eigenvalue weighted by Crippen LogP contribution is -2.47. The minimum Gasteiger partial charge on any atom is -0.467 e. The Balaban J connectivity index is 1.61. The largest absolute Gasteiger partial charge is 0.467 e. The van der Waals surface area contributed by atoms with E-state index in [4.69, 9.17) is 4.42 Å². The minimum atomic E-state index is -0.866. The Kier molecular flexibility index (Phi) is 7.09. The highest BCUT2D eigenvalue weighted by Gasteiger charge is 2.35. The van der Waals surface area contributed by atoms with Gasteiger partial charge in [-0.25, -0.2) is 0 Å². The molecule has 1 aliphatic carbocycles. The molecule has 1 atom stereocenters. The predicted molar refractivity (Wildman–Crippen MR) is 118 cm³/mol. The molecule has 1 N–H and O–H groups in total. The Morgan fingerprint density at radius 3 is 2.61 bits per heavy atom. The van der Waals surface area contributed by atoms with E-state index in [2.05, 4.69) is 14.9 Å². The van der Waals surface area contributed by atoms with Crippen LogP contribution in [0.4, 0.5) is 0 Å². The summed E-state index contributed by atoms with van der Waals surface area (Å²) >= 11 is 1.11. The van der Waals surface area contributed by atoms with Gasteiger partial charge in [-0.2, -0.15) is 0 Å². The van der Waals surface area contributed by atoms with Gasteiger partial charge in [0, 0.05) is 18.0 Å². The molecule has 2 amide bonds. The molecule has 8 heteroatoms. The molecule has 2 heterocycles. The van der Waals surface area contributed by atoms with Crippen molar-refractivity contribution in [3.63, 3.8) is 0 Å². The molecule has 0 unspecified atom stereocenters. The predicted octanol–water partition coefficient (Wildman–Crippen LogP) is 4.01. The average molecular weight is 439 g/mol. The zero-order chi connectivity index (χ0) is 21.5. The van der Waals surface area contributed by atoms with Crippen molar-refractivity contribution in [1.82, 2.24) is 19.8 Å². The first-order chi connectivity index (χ1) is 15.2. The highest BCUT2D eigenvalue weighted by molar-refractivity contribution is 7.03. The fraction of sp³-hybridized carbons (Fsp3) is 0.391. The first-order valence-corrected chi connectivity index (χ1v) is 11.5. The summed E-state index contributed by atoms with van der Waals surface area (Å²) in [5.74, 6) is -0.103. The molecule has 0 spiro atoms. The van der Waals surface area contributed by atoms with Gasteiger partial charge >= 0.3 is 0 Å². The van der Waals surface area contributed by atoms with Crippen molar-refractivity contribution in [2.24, 2.45) is 0 Å². The van der Waals surface area contributed by atoms with E-state index in [0.717, 1.165) is 42.8 Å². The summed E-state index contributed by atoms with van der Waals surface area (Å²) in [6.45, 7) is 0.351. The summed E-state index contributed by atoms with van der Waals surface area (Å²) < 4.78 is 9.44. The molecule has 0 aliphatic heterocycles. The van der Waals surface area contributed by atoms with Gasteiger partial charge in [0.2, 0.25) is 0 Å². The third-order valence-corrected chi connectivity index (χ3v) is 6.15. The molecule has 4 rings (SSSR count). The van der Waals surface area contributed by atoms with E-state index < -0.39 is 6.04 Å². The van der Waals surface area contributed by atoms with Gasteiger partial charge in [-0.05, 0) is 48.5 Å². The topological polar surface area (TPSA) is 88.3 Å². The molecule has 31 heavy (non-hydrogen) atoms. The number of nitrogens with zero attached hydrogens (tertiary/aromatic N) is 3. The lowest BCUT2D eigenvalue weighted by molar-refractivity contribution is -0.127. The van der Waals surface area contributed by atoms with Crippen LogP contribution in [0.5, 0.6) is 0 Å². The number of aromatic nitrogens is 2. The third kappa shape index (κ3) is 5.38. The molecule has 2 aromatic heterocycles.